The number of nitrogens with one attached hydrogen (secondary N) is 4. The minimum Gasteiger partial charge on any atom is -0.493 e. The first-order valence-corrected chi connectivity index (χ1v) is 18.3. The van der Waals surface area contributed by atoms with Gasteiger partial charge in [-0.15, -0.1) is 0 Å². The number of aromatic nitrogens is 3. The van der Waals surface area contributed by atoms with Crippen LogP contribution in [0.15, 0.2) is 85.2 Å². The highest BCUT2D eigenvalue weighted by Crippen LogP contribution is 2.37. The van der Waals surface area contributed by atoms with Crippen LogP contribution in [0, 0.1) is 0 Å². The summed E-state index contributed by atoms with van der Waals surface area (Å²) in [6.07, 6.45) is 7.13. The molecule has 0 spiro atoms. The molecule has 0 aliphatic carbocycles. The second kappa shape index (κ2) is 16.2. The molecule has 14 heteroatoms. The molecule has 2 aliphatic heterocycles. The number of imidazole rings is 1. The summed E-state index contributed by atoms with van der Waals surface area (Å²) in [5, 5.41) is 11.9. The molecule has 14 nitrogen and oxygen atoms in total. The fourth-order valence-electron chi connectivity index (χ4n) is 6.97. The Hall–Kier alpha value is -6.57. The van der Waals surface area contributed by atoms with Crippen LogP contribution in [0.1, 0.15) is 63.6 Å². The molecule has 2 aromatic heterocycles. The Balaban J connectivity index is 0.895. The first-order chi connectivity index (χ1) is 26.7. The van der Waals surface area contributed by atoms with Crippen molar-refractivity contribution in [2.24, 2.45) is 14.1 Å². The molecule has 284 valence electrons. The van der Waals surface area contributed by atoms with E-state index in [0.717, 1.165) is 36.9 Å². The van der Waals surface area contributed by atoms with Crippen LogP contribution < -0.4 is 30.7 Å². The van der Waals surface area contributed by atoms with Crippen LogP contribution >= 0.6 is 0 Å². The van der Waals surface area contributed by atoms with Crippen molar-refractivity contribution in [1.82, 2.24) is 19.0 Å². The van der Waals surface area contributed by atoms with Crippen molar-refractivity contribution >= 4 is 46.5 Å². The zero-order chi connectivity index (χ0) is 38.5. The summed E-state index contributed by atoms with van der Waals surface area (Å²) in [7, 11) is 5.03. The van der Waals surface area contributed by atoms with Crippen molar-refractivity contribution in [1.29, 1.82) is 0 Å². The van der Waals surface area contributed by atoms with Crippen molar-refractivity contribution in [3.63, 3.8) is 0 Å². The summed E-state index contributed by atoms with van der Waals surface area (Å²) < 4.78 is 14.9. The number of hydrogen-bond acceptors (Lipinski definition) is 8. The number of hydrogen-bond donors (Lipinski definition) is 4. The normalized spacial score (nSPS) is 14.9. The van der Waals surface area contributed by atoms with E-state index in [1.165, 1.54) is 7.11 Å². The van der Waals surface area contributed by atoms with E-state index in [1.54, 1.807) is 46.6 Å². The molecule has 0 saturated carbocycles. The molecule has 1 atom stereocenters. The molecule has 4 N–H and O–H groups in total. The molecule has 1 saturated heterocycles. The summed E-state index contributed by atoms with van der Waals surface area (Å²) in [5.74, 6) is 0.405. The molecular formula is C41H44N8O6. The van der Waals surface area contributed by atoms with Crippen LogP contribution in [-0.2, 0) is 18.9 Å². The topological polar surface area (TPSA) is 161 Å². The number of piperidine rings is 1. The van der Waals surface area contributed by atoms with E-state index in [0.29, 0.717) is 52.8 Å². The number of carbonyl (C=O) groups is 4. The minimum absolute atomic E-state index is 0.00145. The monoisotopic (exact) mass is 744 g/mol. The second-order valence-electron chi connectivity index (χ2n) is 13.7. The SMILES string of the molecule is COc1cc2c(cc1OCCCC(=O)Nc1cn(C)c(C(=O)Nc3ccc(-c4cc(C(=O)Nc5ccccc5)n(C)c4)cc3)n1)NC[C@@H]1CCCCN1C2=O. The Morgan fingerprint density at radius 3 is 2.40 bits per heavy atom. The second-order valence-corrected chi connectivity index (χ2v) is 13.7. The number of amides is 4. The lowest BCUT2D eigenvalue weighted by atomic mass is 10.0. The molecule has 1 fully saturated rings. The van der Waals surface area contributed by atoms with E-state index in [-0.39, 0.29) is 48.4 Å². The van der Waals surface area contributed by atoms with E-state index in [9.17, 15) is 19.2 Å². The minimum atomic E-state index is -0.439. The van der Waals surface area contributed by atoms with Gasteiger partial charge in [0.15, 0.2) is 17.3 Å². The highest BCUT2D eigenvalue weighted by molar-refractivity contribution is 6.05. The molecular weight excluding hydrogens is 701 g/mol. The van der Waals surface area contributed by atoms with Gasteiger partial charge in [-0.25, -0.2) is 4.98 Å². The number of methoxy groups -OCH3 is 1. The number of fused-ring (bicyclic) bond motifs is 2. The molecule has 4 amide bonds. The van der Waals surface area contributed by atoms with E-state index in [4.69, 9.17) is 9.47 Å². The third kappa shape index (κ3) is 8.33. The van der Waals surface area contributed by atoms with Crippen LogP contribution in [0.3, 0.4) is 0 Å². The molecule has 7 rings (SSSR count). The largest absolute Gasteiger partial charge is 0.493 e. The number of benzene rings is 3. The van der Waals surface area contributed by atoms with Gasteiger partial charge in [-0.1, -0.05) is 30.3 Å². The van der Waals surface area contributed by atoms with E-state index in [1.807, 2.05) is 66.7 Å². The maximum Gasteiger partial charge on any atom is 0.291 e. The van der Waals surface area contributed by atoms with Crippen molar-refractivity contribution < 1.29 is 28.7 Å². The van der Waals surface area contributed by atoms with E-state index in [2.05, 4.69) is 26.3 Å². The number of rotatable bonds is 12. The number of ether oxygens (including phenoxy) is 2. The molecule has 0 radical (unpaired) electrons. The summed E-state index contributed by atoms with van der Waals surface area (Å²) in [5.41, 5.74) is 4.80. The van der Waals surface area contributed by atoms with Crippen LogP contribution in [0.2, 0.25) is 0 Å². The molecule has 0 unspecified atom stereocenters. The lowest BCUT2D eigenvalue weighted by Gasteiger charge is -2.34. The third-order valence-corrected chi connectivity index (χ3v) is 9.85. The Labute approximate surface area is 318 Å². The van der Waals surface area contributed by atoms with Gasteiger partial charge in [-0.3, -0.25) is 19.2 Å². The highest BCUT2D eigenvalue weighted by atomic mass is 16.5. The predicted octanol–water partition coefficient (Wildman–Crippen LogP) is 6.16. The number of carbonyl (C=O) groups excluding carboxylic acids is 4. The van der Waals surface area contributed by atoms with E-state index >= 15 is 0 Å². The molecule has 3 aromatic carbocycles. The smallest absolute Gasteiger partial charge is 0.291 e. The van der Waals surface area contributed by atoms with Crippen LogP contribution in [0.5, 0.6) is 11.5 Å². The maximum atomic E-state index is 13.3. The zero-order valence-corrected chi connectivity index (χ0v) is 31.1. The maximum absolute atomic E-state index is 13.3. The van der Waals surface area contributed by atoms with Gasteiger partial charge < -0.3 is 44.8 Å². The van der Waals surface area contributed by atoms with Gasteiger partial charge in [0.25, 0.3) is 17.7 Å². The van der Waals surface area contributed by atoms with Gasteiger partial charge >= 0.3 is 0 Å². The van der Waals surface area contributed by atoms with Gasteiger partial charge in [0.2, 0.25) is 11.7 Å². The summed E-state index contributed by atoms with van der Waals surface area (Å²) in [6, 6.07) is 22.1. The van der Waals surface area contributed by atoms with Crippen LogP contribution in [0.4, 0.5) is 22.9 Å². The predicted molar refractivity (Wildman–Crippen MR) is 210 cm³/mol. The molecule has 4 heterocycles. The van der Waals surface area contributed by atoms with Crippen LogP contribution in [0.25, 0.3) is 11.1 Å². The van der Waals surface area contributed by atoms with Gasteiger partial charge in [-0.05, 0) is 67.6 Å². The average Bonchev–Trinajstić information content (AvgIpc) is 3.73. The van der Waals surface area contributed by atoms with Gasteiger partial charge in [0.05, 0.1) is 25.0 Å². The Morgan fingerprint density at radius 1 is 0.855 bits per heavy atom. The van der Waals surface area contributed by atoms with Gasteiger partial charge in [0.1, 0.15) is 5.69 Å². The number of anilines is 4. The first kappa shape index (κ1) is 36.8. The van der Waals surface area contributed by atoms with Crippen molar-refractivity contribution in [2.45, 2.75) is 38.1 Å². The summed E-state index contributed by atoms with van der Waals surface area (Å²) in [6.45, 7) is 1.69. The van der Waals surface area contributed by atoms with Crippen molar-refractivity contribution in [3.05, 3.63) is 102 Å². The lowest BCUT2D eigenvalue weighted by Crippen LogP contribution is -2.45. The fraction of sp³-hybridized carbons (Fsp3) is 0.293. The first-order valence-electron chi connectivity index (χ1n) is 18.3. The van der Waals surface area contributed by atoms with Crippen molar-refractivity contribution in [3.8, 4) is 22.6 Å². The average molecular weight is 745 g/mol. The van der Waals surface area contributed by atoms with E-state index < -0.39 is 5.91 Å². The summed E-state index contributed by atoms with van der Waals surface area (Å²) >= 11 is 0. The zero-order valence-electron chi connectivity index (χ0n) is 31.1. The molecule has 5 aromatic rings. The molecule has 55 heavy (non-hydrogen) atoms. The highest BCUT2D eigenvalue weighted by Gasteiger charge is 2.32. The number of nitrogens with zero attached hydrogens (tertiary/aromatic N) is 4. The van der Waals surface area contributed by atoms with Crippen molar-refractivity contribution in [2.75, 3.05) is 48.1 Å². The van der Waals surface area contributed by atoms with Gasteiger partial charge in [-0.2, -0.15) is 0 Å². The lowest BCUT2D eigenvalue weighted by molar-refractivity contribution is -0.116. The fourth-order valence-corrected chi connectivity index (χ4v) is 6.97. The number of para-hydroxylation sites is 1. The standard InChI is InChI=1S/C41H44N8O6/c1-47-24-27(20-33(47)39(51)43-28-10-5-4-6-11-28)26-14-16-29(17-15-26)44-40(52)38-46-36(25-48(38)2)45-37(50)13-9-19-55-35-22-32-31(21-34(35)54-3)41(53)49-18-8-7-12-30(49)23-42-32/h4-6,10-11,14-17,20-22,24-25,30,42H,7-9,12-13,18-19,23H2,1-3H3,(H,43,51)(H,44,52)(H,45,50)/t30-/m0/s1. The Kier molecular flexibility index (Phi) is 10.8. The van der Waals surface area contributed by atoms with Gasteiger partial charge in [0, 0.05) is 75.0 Å². The Morgan fingerprint density at radius 2 is 1.62 bits per heavy atom. The quantitative estimate of drug-likeness (QED) is 0.111. The van der Waals surface area contributed by atoms with Crippen LogP contribution in [-0.4, -0.2) is 75.5 Å². The third-order valence-electron chi connectivity index (χ3n) is 9.85. The Bertz CT molecular complexity index is 2210. The molecule has 2 aliphatic rings. The summed E-state index contributed by atoms with van der Waals surface area (Å²) in [4.78, 5) is 58.4. The number of aryl methyl sites for hydroxylation is 2. The molecule has 0 bridgehead atoms.